The molecule has 2 amide bonds. The summed E-state index contributed by atoms with van der Waals surface area (Å²) in [5.41, 5.74) is 0.663. The van der Waals surface area contributed by atoms with E-state index in [2.05, 4.69) is 0 Å². The van der Waals surface area contributed by atoms with Gasteiger partial charge in [-0.25, -0.2) is 13.2 Å². The lowest BCUT2D eigenvalue weighted by atomic mass is 10.2. The van der Waals surface area contributed by atoms with Gasteiger partial charge in [-0.3, -0.25) is 4.79 Å². The third-order valence-electron chi connectivity index (χ3n) is 3.19. The van der Waals surface area contributed by atoms with Crippen molar-refractivity contribution < 1.29 is 22.7 Å². The van der Waals surface area contributed by atoms with Crippen molar-refractivity contribution in [1.29, 1.82) is 0 Å². The van der Waals surface area contributed by atoms with Crippen LogP contribution in [0.5, 0.6) is 0 Å². The minimum Gasteiger partial charge on any atom is -0.443 e. The van der Waals surface area contributed by atoms with E-state index in [1.807, 2.05) is 0 Å². The molecule has 0 bridgehead atoms. The van der Waals surface area contributed by atoms with Crippen molar-refractivity contribution in [3.8, 4) is 0 Å². The molecule has 0 saturated carbocycles. The molecule has 1 aliphatic rings. The Morgan fingerprint density at radius 2 is 1.64 bits per heavy atom. The maximum atomic E-state index is 12.3. The predicted octanol–water partition coefficient (Wildman–Crippen LogP) is 2.17. The maximum absolute atomic E-state index is 12.3. The molecule has 0 aromatic heterocycles. The fourth-order valence-electron chi connectivity index (χ4n) is 2.14. The Bertz CT molecular complexity index is 845. The van der Waals surface area contributed by atoms with E-state index in [0.717, 1.165) is 0 Å². The van der Waals surface area contributed by atoms with Crippen molar-refractivity contribution in [3.63, 3.8) is 0 Å². The molecule has 0 fully saturated rings. The molecule has 0 spiro atoms. The first kappa shape index (κ1) is 14.3. The number of ether oxygens (including phenoxy) is 1. The summed E-state index contributed by atoms with van der Waals surface area (Å²) < 4.78 is 29.6. The molecule has 22 heavy (non-hydrogen) atoms. The summed E-state index contributed by atoms with van der Waals surface area (Å²) in [5.74, 6) is -0.895. The Kier molecular flexibility index (Phi) is 3.42. The van der Waals surface area contributed by atoms with E-state index in [1.165, 1.54) is 24.3 Å². The second kappa shape index (κ2) is 5.27. The normalized spacial score (nSPS) is 15.5. The van der Waals surface area contributed by atoms with Crippen LogP contribution in [0.3, 0.4) is 0 Å². The number of imide groups is 1. The van der Waals surface area contributed by atoms with Gasteiger partial charge >= 0.3 is 6.09 Å². The summed E-state index contributed by atoms with van der Waals surface area (Å²) >= 11 is 0. The fraction of sp³-hybridized carbons (Fsp3) is 0.0667. The van der Waals surface area contributed by atoms with Crippen LogP contribution in [0.2, 0.25) is 0 Å². The number of carbonyl (C=O) groups excluding carboxylic acids is 2. The minimum atomic E-state index is -4.19. The molecule has 1 heterocycles. The van der Waals surface area contributed by atoms with Gasteiger partial charge in [0, 0.05) is 0 Å². The average Bonchev–Trinajstić information content (AvgIpc) is 2.73. The van der Waals surface area contributed by atoms with Crippen LogP contribution in [0.1, 0.15) is 15.9 Å². The lowest BCUT2D eigenvalue weighted by Gasteiger charge is -2.13. The number of carbonyl (C=O) groups is 2. The highest BCUT2D eigenvalue weighted by molar-refractivity contribution is 7.90. The lowest BCUT2D eigenvalue weighted by molar-refractivity contribution is 0.0793. The summed E-state index contributed by atoms with van der Waals surface area (Å²) in [7, 11) is -4.19. The number of benzene rings is 2. The number of sulfonamides is 1. The molecule has 6 nitrogen and oxygen atoms in total. The Morgan fingerprint density at radius 1 is 1.00 bits per heavy atom. The van der Waals surface area contributed by atoms with Crippen molar-refractivity contribution in [2.24, 2.45) is 0 Å². The van der Waals surface area contributed by atoms with Crippen molar-refractivity contribution in [3.05, 3.63) is 65.7 Å². The number of hydrogen-bond donors (Lipinski definition) is 0. The predicted molar refractivity (Wildman–Crippen MR) is 76.4 cm³/mol. The standard InChI is InChI=1S/C15H11NO5S/c17-14-12-8-4-5-9-13(12)22(19,20)16(14)15(18)21-10-11-6-2-1-3-7-11/h1-9H,10H2. The highest BCUT2D eigenvalue weighted by atomic mass is 32.2. The molecule has 2 aromatic rings. The quantitative estimate of drug-likeness (QED) is 0.848. The third-order valence-corrected chi connectivity index (χ3v) is 4.90. The number of amides is 2. The van der Waals surface area contributed by atoms with Crippen LogP contribution in [0.25, 0.3) is 0 Å². The Hall–Kier alpha value is -2.67. The van der Waals surface area contributed by atoms with Crippen LogP contribution >= 0.6 is 0 Å². The zero-order chi connectivity index (χ0) is 15.7. The van der Waals surface area contributed by atoms with Gasteiger partial charge in [-0.2, -0.15) is 0 Å². The van der Waals surface area contributed by atoms with Crippen molar-refractivity contribution >= 4 is 22.0 Å². The first-order valence-electron chi connectivity index (χ1n) is 6.41. The molecular weight excluding hydrogens is 306 g/mol. The highest BCUT2D eigenvalue weighted by Crippen LogP contribution is 2.30. The van der Waals surface area contributed by atoms with E-state index in [-0.39, 0.29) is 21.4 Å². The molecule has 2 aromatic carbocycles. The summed E-state index contributed by atoms with van der Waals surface area (Å²) in [6.07, 6.45) is -1.20. The van der Waals surface area contributed by atoms with E-state index in [4.69, 9.17) is 4.74 Å². The van der Waals surface area contributed by atoms with Crippen LogP contribution in [0.15, 0.2) is 59.5 Å². The van der Waals surface area contributed by atoms with Crippen molar-refractivity contribution in [2.45, 2.75) is 11.5 Å². The van der Waals surface area contributed by atoms with Gasteiger partial charge in [0.1, 0.15) is 11.5 Å². The number of rotatable bonds is 2. The maximum Gasteiger partial charge on any atom is 0.431 e. The Labute approximate surface area is 127 Å². The lowest BCUT2D eigenvalue weighted by Crippen LogP contribution is -2.36. The minimum absolute atomic E-state index is 0.0286. The van der Waals surface area contributed by atoms with Crippen LogP contribution in [-0.2, 0) is 21.4 Å². The molecular formula is C15H11NO5S. The Balaban J connectivity index is 1.84. The van der Waals surface area contributed by atoms with E-state index >= 15 is 0 Å². The molecule has 0 N–H and O–H groups in total. The van der Waals surface area contributed by atoms with Crippen molar-refractivity contribution in [2.75, 3.05) is 0 Å². The molecule has 0 saturated heterocycles. The number of hydrogen-bond acceptors (Lipinski definition) is 5. The molecule has 7 heteroatoms. The monoisotopic (exact) mass is 317 g/mol. The van der Waals surface area contributed by atoms with Gasteiger partial charge in [-0.05, 0) is 17.7 Å². The largest absolute Gasteiger partial charge is 0.443 e. The second-order valence-corrected chi connectivity index (χ2v) is 6.37. The van der Waals surface area contributed by atoms with Gasteiger partial charge in [0.2, 0.25) is 0 Å². The van der Waals surface area contributed by atoms with Crippen LogP contribution < -0.4 is 0 Å². The van der Waals surface area contributed by atoms with Gasteiger partial charge in [0.25, 0.3) is 15.9 Å². The van der Waals surface area contributed by atoms with Gasteiger partial charge in [-0.1, -0.05) is 42.5 Å². The second-order valence-electron chi connectivity index (χ2n) is 4.61. The number of fused-ring (bicyclic) bond motifs is 1. The first-order chi connectivity index (χ1) is 10.5. The van der Waals surface area contributed by atoms with E-state index in [0.29, 0.717) is 5.56 Å². The zero-order valence-electron chi connectivity index (χ0n) is 11.3. The molecule has 112 valence electrons. The summed E-state index contributed by atoms with van der Waals surface area (Å²) in [6.45, 7) is -0.116. The molecule has 1 aliphatic heterocycles. The van der Waals surface area contributed by atoms with Gasteiger partial charge in [0.05, 0.1) is 5.56 Å². The van der Waals surface area contributed by atoms with Crippen LogP contribution in [0.4, 0.5) is 4.79 Å². The highest BCUT2D eigenvalue weighted by Gasteiger charge is 2.46. The van der Waals surface area contributed by atoms with E-state index < -0.39 is 22.0 Å². The van der Waals surface area contributed by atoms with Gasteiger partial charge < -0.3 is 4.74 Å². The van der Waals surface area contributed by atoms with Crippen molar-refractivity contribution in [1.82, 2.24) is 4.31 Å². The van der Waals surface area contributed by atoms with E-state index in [1.54, 1.807) is 30.3 Å². The smallest absolute Gasteiger partial charge is 0.431 e. The Morgan fingerprint density at radius 3 is 2.32 bits per heavy atom. The summed E-state index contributed by atoms with van der Waals surface area (Å²) in [4.78, 5) is 23.9. The molecule has 0 radical (unpaired) electrons. The molecule has 3 rings (SSSR count). The van der Waals surface area contributed by atoms with Gasteiger partial charge in [-0.15, -0.1) is 4.31 Å². The third kappa shape index (κ3) is 2.25. The topological polar surface area (TPSA) is 80.8 Å². The van der Waals surface area contributed by atoms with Crippen LogP contribution in [0, 0.1) is 0 Å². The zero-order valence-corrected chi connectivity index (χ0v) is 12.1. The number of nitrogens with zero attached hydrogens (tertiary/aromatic N) is 1. The summed E-state index contributed by atoms with van der Waals surface area (Å²) in [6, 6.07) is 14.4. The molecule has 0 aliphatic carbocycles. The average molecular weight is 317 g/mol. The first-order valence-corrected chi connectivity index (χ1v) is 7.85. The fourth-order valence-corrected chi connectivity index (χ4v) is 3.59. The SMILES string of the molecule is O=C(OCc1ccccc1)N1C(=O)c2ccccc2S1(=O)=O. The van der Waals surface area contributed by atoms with Crippen LogP contribution in [-0.4, -0.2) is 24.7 Å². The summed E-state index contributed by atoms with van der Waals surface area (Å²) in [5, 5.41) is 0. The van der Waals surface area contributed by atoms with Gasteiger partial charge in [0.15, 0.2) is 0 Å². The molecule has 0 unspecified atom stereocenters. The van der Waals surface area contributed by atoms with E-state index in [9.17, 15) is 18.0 Å². The molecule has 0 atom stereocenters.